The van der Waals surface area contributed by atoms with Crippen LogP contribution in [-0.2, 0) is 16.9 Å². The van der Waals surface area contributed by atoms with Crippen LogP contribution in [0.1, 0.15) is 31.4 Å². The Morgan fingerprint density at radius 2 is 2.29 bits per heavy atom. The van der Waals surface area contributed by atoms with Gasteiger partial charge in [-0.3, -0.25) is 4.68 Å². The second-order valence-corrected chi connectivity index (χ2v) is 6.28. The molecule has 1 aromatic rings. The van der Waals surface area contributed by atoms with Crippen LogP contribution in [0.3, 0.4) is 0 Å². The molecule has 1 fully saturated rings. The van der Waals surface area contributed by atoms with Gasteiger partial charge >= 0.3 is 6.18 Å². The zero-order valence-corrected chi connectivity index (χ0v) is 13.2. The lowest BCUT2D eigenvalue weighted by atomic mass is 9.76. The monoisotopic (exact) mass is 370 g/mol. The summed E-state index contributed by atoms with van der Waals surface area (Å²) in [4.78, 5) is 0. The van der Waals surface area contributed by atoms with Crippen LogP contribution in [0.5, 0.6) is 0 Å². The molecule has 0 saturated heterocycles. The molecule has 1 aliphatic rings. The van der Waals surface area contributed by atoms with Gasteiger partial charge in [-0.1, -0.05) is 0 Å². The molecular formula is C13H18BrF3N2O2. The van der Waals surface area contributed by atoms with Gasteiger partial charge in [0.2, 0.25) is 0 Å². The Hall–Kier alpha value is -0.600. The van der Waals surface area contributed by atoms with Gasteiger partial charge in [0.1, 0.15) is 5.60 Å². The number of aromatic nitrogens is 2. The van der Waals surface area contributed by atoms with Gasteiger partial charge in [0.05, 0.1) is 35.4 Å². The molecule has 0 aromatic carbocycles. The Kier molecular flexibility index (Phi) is 4.99. The number of hydrogen-bond donors (Lipinski definition) is 1. The van der Waals surface area contributed by atoms with E-state index in [0.717, 1.165) is 0 Å². The van der Waals surface area contributed by atoms with Crippen LogP contribution in [0.4, 0.5) is 13.2 Å². The first-order chi connectivity index (χ1) is 9.78. The molecule has 1 aromatic heterocycles. The highest BCUT2D eigenvalue weighted by Crippen LogP contribution is 2.47. The van der Waals surface area contributed by atoms with Crippen LogP contribution in [0, 0.1) is 5.92 Å². The molecule has 1 N–H and O–H groups in total. The van der Waals surface area contributed by atoms with Crippen LogP contribution in [0.15, 0.2) is 10.7 Å². The molecular weight excluding hydrogens is 353 g/mol. The number of rotatable bonds is 4. The summed E-state index contributed by atoms with van der Waals surface area (Å²) in [6.07, 6.45) is -2.40. The fourth-order valence-electron chi connectivity index (χ4n) is 2.92. The second-order valence-electron chi connectivity index (χ2n) is 5.42. The lowest BCUT2D eigenvalue weighted by Crippen LogP contribution is -2.40. The van der Waals surface area contributed by atoms with Gasteiger partial charge < -0.3 is 9.84 Å². The van der Waals surface area contributed by atoms with E-state index >= 15 is 0 Å². The van der Waals surface area contributed by atoms with Crippen molar-refractivity contribution in [1.29, 1.82) is 0 Å². The minimum absolute atomic E-state index is 0.0651. The van der Waals surface area contributed by atoms with E-state index in [9.17, 15) is 18.3 Å². The number of halogens is 4. The van der Waals surface area contributed by atoms with Gasteiger partial charge in [0.15, 0.2) is 0 Å². The number of methoxy groups -OCH3 is 1. The Morgan fingerprint density at radius 3 is 2.90 bits per heavy atom. The molecule has 1 saturated carbocycles. The Labute approximate surface area is 129 Å². The van der Waals surface area contributed by atoms with Crippen LogP contribution in [0.2, 0.25) is 0 Å². The summed E-state index contributed by atoms with van der Waals surface area (Å²) in [5, 5.41) is 14.9. The first-order valence-corrected chi connectivity index (χ1v) is 7.57. The Morgan fingerprint density at radius 1 is 1.57 bits per heavy atom. The van der Waals surface area contributed by atoms with E-state index in [1.807, 2.05) is 0 Å². The molecule has 0 spiro atoms. The highest BCUT2D eigenvalue weighted by molar-refractivity contribution is 9.10. The highest BCUT2D eigenvalue weighted by Gasteiger charge is 2.49. The summed E-state index contributed by atoms with van der Waals surface area (Å²) in [5.41, 5.74) is -1.10. The van der Waals surface area contributed by atoms with Crippen molar-refractivity contribution in [2.45, 2.75) is 44.0 Å². The maximum atomic E-state index is 13.0. The van der Waals surface area contributed by atoms with Gasteiger partial charge in [-0.15, -0.1) is 0 Å². The van der Waals surface area contributed by atoms with Crippen LogP contribution >= 0.6 is 15.9 Å². The molecule has 120 valence electrons. The van der Waals surface area contributed by atoms with Gasteiger partial charge in [0.25, 0.3) is 0 Å². The molecule has 21 heavy (non-hydrogen) atoms. The summed E-state index contributed by atoms with van der Waals surface area (Å²) in [5.74, 6) is -1.48. The first kappa shape index (κ1) is 16.8. The number of nitrogens with zero attached hydrogens (tertiary/aromatic N) is 2. The standard InChI is InChI=1S/C13H18BrF3N2O2/c1-21-6-5-19-11(10(14)8-18-19)12(20)4-2-3-9(7-12)13(15,16)17/h8-9,20H,2-7H2,1H3. The zero-order chi connectivity index (χ0) is 15.7. The topological polar surface area (TPSA) is 47.3 Å². The quantitative estimate of drug-likeness (QED) is 0.884. The third-order valence-electron chi connectivity index (χ3n) is 3.93. The maximum absolute atomic E-state index is 13.0. The second kappa shape index (κ2) is 6.26. The third-order valence-corrected chi connectivity index (χ3v) is 4.51. The van der Waals surface area contributed by atoms with Crippen LogP contribution in [-0.4, -0.2) is 34.8 Å². The number of ether oxygens (including phenoxy) is 1. The van der Waals surface area contributed by atoms with Crippen molar-refractivity contribution >= 4 is 15.9 Å². The minimum atomic E-state index is -4.28. The fraction of sp³-hybridized carbons (Fsp3) is 0.769. The summed E-state index contributed by atoms with van der Waals surface area (Å²) < 4.78 is 45.9. The van der Waals surface area contributed by atoms with Gasteiger partial charge in [-0.2, -0.15) is 18.3 Å². The minimum Gasteiger partial charge on any atom is -0.384 e. The van der Waals surface area contributed by atoms with E-state index in [2.05, 4.69) is 21.0 Å². The summed E-state index contributed by atoms with van der Waals surface area (Å²) in [7, 11) is 1.53. The molecule has 2 rings (SSSR count). The van der Waals surface area contributed by atoms with Crippen LogP contribution in [0.25, 0.3) is 0 Å². The van der Waals surface area contributed by atoms with Crippen molar-refractivity contribution in [1.82, 2.24) is 9.78 Å². The van der Waals surface area contributed by atoms with Crippen LogP contribution < -0.4 is 0 Å². The molecule has 8 heteroatoms. The lowest BCUT2D eigenvalue weighted by Gasteiger charge is -2.38. The normalized spacial score (nSPS) is 27.0. The lowest BCUT2D eigenvalue weighted by molar-refractivity contribution is -0.202. The van der Waals surface area contributed by atoms with E-state index < -0.39 is 17.7 Å². The number of aliphatic hydroxyl groups is 1. The molecule has 0 aliphatic heterocycles. The fourth-order valence-corrected chi connectivity index (χ4v) is 3.58. The van der Waals surface area contributed by atoms with Crippen molar-refractivity contribution in [3.05, 3.63) is 16.4 Å². The summed E-state index contributed by atoms with van der Waals surface area (Å²) in [6, 6.07) is 0. The summed E-state index contributed by atoms with van der Waals surface area (Å²) >= 11 is 3.28. The number of hydrogen-bond acceptors (Lipinski definition) is 3. The molecule has 0 amide bonds. The van der Waals surface area contributed by atoms with Crippen molar-refractivity contribution in [3.8, 4) is 0 Å². The predicted octanol–water partition coefficient (Wildman–Crippen LogP) is 3.23. The van der Waals surface area contributed by atoms with E-state index in [4.69, 9.17) is 4.74 Å². The van der Waals surface area contributed by atoms with Crippen molar-refractivity contribution in [2.75, 3.05) is 13.7 Å². The molecule has 1 heterocycles. The molecule has 2 atom stereocenters. The SMILES string of the molecule is COCCn1ncc(Br)c1C1(O)CCCC(C(F)(F)F)C1. The molecule has 1 aliphatic carbocycles. The average molecular weight is 371 g/mol. The first-order valence-electron chi connectivity index (χ1n) is 6.78. The van der Waals surface area contributed by atoms with Crippen molar-refractivity contribution in [2.24, 2.45) is 5.92 Å². The molecule has 0 radical (unpaired) electrons. The maximum Gasteiger partial charge on any atom is 0.391 e. The van der Waals surface area contributed by atoms with E-state index in [1.54, 1.807) is 0 Å². The molecule has 0 bridgehead atoms. The van der Waals surface area contributed by atoms with E-state index in [1.165, 1.54) is 18.0 Å². The molecule has 2 unspecified atom stereocenters. The van der Waals surface area contributed by atoms with Crippen molar-refractivity contribution < 1.29 is 23.0 Å². The van der Waals surface area contributed by atoms with Crippen molar-refractivity contribution in [3.63, 3.8) is 0 Å². The van der Waals surface area contributed by atoms with E-state index in [0.29, 0.717) is 36.2 Å². The Bertz CT molecular complexity index is 492. The smallest absolute Gasteiger partial charge is 0.384 e. The largest absolute Gasteiger partial charge is 0.391 e. The third kappa shape index (κ3) is 3.60. The molecule has 4 nitrogen and oxygen atoms in total. The van der Waals surface area contributed by atoms with E-state index in [-0.39, 0.29) is 12.8 Å². The van der Waals surface area contributed by atoms with Gasteiger partial charge in [-0.25, -0.2) is 0 Å². The average Bonchev–Trinajstić information content (AvgIpc) is 2.77. The number of alkyl halides is 3. The highest BCUT2D eigenvalue weighted by atomic mass is 79.9. The Balaban J connectivity index is 2.28. The predicted molar refractivity (Wildman–Crippen MR) is 73.7 cm³/mol. The van der Waals surface area contributed by atoms with Gasteiger partial charge in [-0.05, 0) is 41.6 Å². The zero-order valence-electron chi connectivity index (χ0n) is 11.7. The summed E-state index contributed by atoms with van der Waals surface area (Å²) in [6.45, 7) is 0.760. The van der Waals surface area contributed by atoms with Gasteiger partial charge in [0, 0.05) is 7.11 Å².